The zero-order valence-electron chi connectivity index (χ0n) is 73.5. The molecule has 0 spiro atoms. The second-order valence-corrected chi connectivity index (χ2v) is 47.7. The lowest BCUT2D eigenvalue weighted by atomic mass is 9.95. The topological polar surface area (TPSA) is 74.8 Å². The van der Waals surface area contributed by atoms with E-state index < -0.39 is 0 Å². The smallest absolute Gasteiger partial charge is 0.271 e. The van der Waals surface area contributed by atoms with Crippen molar-refractivity contribution in [2.75, 3.05) is 13.1 Å². The lowest BCUT2D eigenvalue weighted by Crippen LogP contribution is -2.30. The van der Waals surface area contributed by atoms with Crippen molar-refractivity contribution in [2.45, 2.75) is 229 Å². The zero-order chi connectivity index (χ0) is 86.3. The Balaban J connectivity index is 0.896. The molecule has 4 aromatic carbocycles. The summed E-state index contributed by atoms with van der Waals surface area (Å²) in [6, 6.07) is 51.0. The van der Waals surface area contributed by atoms with Crippen LogP contribution in [0.25, 0.3) is 152 Å². The Morgan fingerprint density at radius 3 is 1.02 bits per heavy atom. The van der Waals surface area contributed by atoms with E-state index in [9.17, 15) is 9.59 Å². The van der Waals surface area contributed by atoms with Crippen LogP contribution in [-0.4, -0.2) is 46.5 Å². The van der Waals surface area contributed by atoms with E-state index >= 15 is 9.59 Å². The van der Waals surface area contributed by atoms with Gasteiger partial charge in [0.2, 0.25) is 0 Å². The van der Waals surface area contributed by atoms with Crippen LogP contribution in [0.5, 0.6) is 0 Å². The third-order valence-electron chi connectivity index (χ3n) is 26.4. The van der Waals surface area contributed by atoms with E-state index in [1.807, 2.05) is 108 Å². The van der Waals surface area contributed by atoms with Crippen molar-refractivity contribution in [3.8, 4) is 91.9 Å². The number of benzene rings is 4. The van der Waals surface area contributed by atoms with Gasteiger partial charge in [-0.2, -0.15) is 0 Å². The molecule has 0 saturated heterocycles. The molecule has 0 N–H and O–H groups in total. The maximum atomic E-state index is 16.0. The standard InChI is InChI=1S/C107H112N2O4S12/c1-11-21-26-27-28-35-53-109-105(111)91-89-97(123-99(101(89)125-103(91)107(109)113)83-61-74-85(77-49-45-69(115-77)55-63(18-8)37-23-13-3)93-72(58-80(118-93)66-40-31-29-32-41-66)84(95(74)121-83)76-48-44-68(114-76)54-62(17-7)36-22-12-2)81-59-73-86(78-50-46-70(116-78)56-64(19-9)38-24-14-4)96-75(87(94(73)119-81)79-51-47-71(117-79)57-65(20-10)39-25-15-5)60-82(120-96)98-100-88(92(122-98)67-42-33-30-34-43-67)90-102(124-100)106(112)108(52-16-6)104(90)110/h16,29-34,40-51,58-65H,6,11-15,17-28,35-39,52-57H2,1-5,7-10H3. The first-order valence-electron chi connectivity index (χ1n) is 46.3. The largest absolute Gasteiger partial charge is 0.274 e. The number of carbonyl (C=O) groups excluding carboxylic acids is 4. The number of unbranched alkanes of at least 4 members (excludes halogenated alkanes) is 9. The predicted octanol–water partition coefficient (Wildman–Crippen LogP) is 37.1. The van der Waals surface area contributed by atoms with Crippen LogP contribution in [0.4, 0.5) is 0 Å². The highest BCUT2D eigenvalue weighted by Gasteiger charge is 2.44. The first kappa shape index (κ1) is 88.5. The van der Waals surface area contributed by atoms with Crippen LogP contribution < -0.4 is 0 Å². The van der Waals surface area contributed by atoms with E-state index in [-0.39, 0.29) is 30.2 Å². The van der Waals surface area contributed by atoms with Crippen molar-refractivity contribution < 1.29 is 19.2 Å². The highest BCUT2D eigenvalue weighted by atomic mass is 32.1. The molecule has 0 saturated carbocycles. The average Bonchev–Trinajstić information content (AvgIpc) is 1.54. The van der Waals surface area contributed by atoms with Crippen molar-refractivity contribution in [3.63, 3.8) is 0 Å². The van der Waals surface area contributed by atoms with E-state index in [1.165, 1.54) is 225 Å². The number of hydrogen-bond donors (Lipinski definition) is 0. The molecule has 16 aromatic rings. The van der Waals surface area contributed by atoms with E-state index in [0.29, 0.717) is 51.1 Å². The normalized spacial score (nSPS) is 14.2. The Morgan fingerprint density at radius 1 is 0.288 bits per heavy atom. The summed E-state index contributed by atoms with van der Waals surface area (Å²) in [6.45, 7) is 25.5. The molecular formula is C107H112N2O4S12. The van der Waals surface area contributed by atoms with Gasteiger partial charge in [0.05, 0.1) is 35.2 Å². The minimum Gasteiger partial charge on any atom is -0.274 e. The lowest BCUT2D eigenvalue weighted by Gasteiger charge is -2.13. The van der Waals surface area contributed by atoms with E-state index in [4.69, 9.17) is 0 Å². The summed E-state index contributed by atoms with van der Waals surface area (Å²) in [5.74, 6) is 1.59. The fourth-order valence-corrected chi connectivity index (χ4v) is 35.1. The van der Waals surface area contributed by atoms with Gasteiger partial charge in [0.25, 0.3) is 23.6 Å². The Bertz CT molecular complexity index is 6410. The van der Waals surface area contributed by atoms with Gasteiger partial charge in [-0.25, -0.2) is 0 Å². The quantitative estimate of drug-likeness (QED) is 0.0217. The van der Waals surface area contributed by atoms with Gasteiger partial charge in [-0.05, 0) is 140 Å². The molecule has 14 heterocycles. The van der Waals surface area contributed by atoms with Gasteiger partial charge in [-0.1, -0.05) is 264 Å². The maximum Gasteiger partial charge on any atom is 0.271 e. The summed E-state index contributed by atoms with van der Waals surface area (Å²) in [5.41, 5.74) is 8.40. The van der Waals surface area contributed by atoms with Crippen molar-refractivity contribution in [1.82, 2.24) is 9.80 Å². The monoisotopic (exact) mass is 1870 g/mol. The Kier molecular flexibility index (Phi) is 27.8. The fraction of sp³-hybridized carbons (Fsp3) is 0.383. The molecule has 2 aliphatic heterocycles. The van der Waals surface area contributed by atoms with Crippen LogP contribution in [-0.2, 0) is 25.7 Å². The molecule has 18 rings (SSSR count). The predicted molar refractivity (Wildman–Crippen MR) is 557 cm³/mol. The van der Waals surface area contributed by atoms with Crippen LogP contribution in [0.3, 0.4) is 0 Å². The second kappa shape index (κ2) is 39.3. The molecule has 4 atom stereocenters. The number of nitrogens with zero attached hydrogens (tertiary/aromatic N) is 2. The molecule has 125 heavy (non-hydrogen) atoms. The number of imide groups is 2. The first-order chi connectivity index (χ1) is 61.2. The SMILES string of the molecule is C=CCN1C(=O)c2sc3c(-c4cc5c(-c6ccc(CC(CC)CCCC)s6)c6sc(-c7sc(-c8cc9c(-c%10ccc(CC(CC)CCCC)s%10)c%10sc(-c%11ccccc%11)cc%10c(-c%10ccc(CC(CC)CCCC)s%10)c9s8)c8sc9c(c78)C(=O)N(CCCCCCCC)C9=O)cc6c(-c6ccc(CC(CC)CCCC)s6)c5s4)sc(-c4ccccc4)c3c2C1=O. The van der Waals surface area contributed by atoms with Crippen molar-refractivity contribution >= 4 is 220 Å². The highest BCUT2D eigenvalue weighted by molar-refractivity contribution is 7.36. The summed E-state index contributed by atoms with van der Waals surface area (Å²) in [5, 5.41) is 6.74. The molecule has 12 aromatic heterocycles. The Hall–Kier alpha value is -7.14. The Labute approximate surface area is 785 Å². The molecule has 6 nitrogen and oxygen atoms in total. The number of amides is 4. The summed E-state index contributed by atoms with van der Waals surface area (Å²) in [6.07, 6.45) is 31.4. The van der Waals surface area contributed by atoms with Gasteiger partial charge in [0.15, 0.2) is 0 Å². The van der Waals surface area contributed by atoms with Crippen LogP contribution in [0.1, 0.15) is 263 Å². The molecular weight excluding hydrogens is 1760 g/mol. The summed E-state index contributed by atoms with van der Waals surface area (Å²) in [4.78, 5) is 84.6. The van der Waals surface area contributed by atoms with Crippen LogP contribution in [0.2, 0.25) is 0 Å². The number of rotatable bonds is 42. The molecule has 0 radical (unpaired) electrons. The minimum atomic E-state index is -0.257. The van der Waals surface area contributed by atoms with Gasteiger partial charge in [0, 0.05) is 150 Å². The van der Waals surface area contributed by atoms with Crippen molar-refractivity contribution in [1.29, 1.82) is 0 Å². The van der Waals surface area contributed by atoms with E-state index in [1.54, 1.807) is 33.6 Å². The van der Waals surface area contributed by atoms with Gasteiger partial charge in [0.1, 0.15) is 9.75 Å². The number of hydrogen-bond acceptors (Lipinski definition) is 16. The third kappa shape index (κ3) is 17.1. The maximum absolute atomic E-state index is 16.0. The molecule has 0 bridgehead atoms. The highest BCUT2D eigenvalue weighted by Crippen LogP contribution is 2.63. The molecule has 4 unspecified atom stereocenters. The molecule has 4 amide bonds. The van der Waals surface area contributed by atoms with Gasteiger partial charge in [-0.15, -0.1) is 143 Å². The fourth-order valence-electron chi connectivity index (χ4n) is 19.3. The van der Waals surface area contributed by atoms with Gasteiger partial charge < -0.3 is 0 Å². The van der Waals surface area contributed by atoms with Crippen LogP contribution >= 0.6 is 136 Å². The first-order valence-corrected chi connectivity index (χ1v) is 56.1. The van der Waals surface area contributed by atoms with Crippen LogP contribution in [0, 0.1) is 23.7 Å². The number of fused-ring (bicyclic) bond motifs is 10. The molecule has 0 fully saturated rings. The second-order valence-electron chi connectivity index (χ2n) is 34.8. The van der Waals surface area contributed by atoms with Crippen LogP contribution in [0.15, 0.2) is 146 Å². The van der Waals surface area contributed by atoms with Crippen molar-refractivity contribution in [2.24, 2.45) is 23.7 Å². The van der Waals surface area contributed by atoms with Gasteiger partial charge in [-0.3, -0.25) is 29.0 Å². The number of thiophene rings is 12. The summed E-state index contributed by atoms with van der Waals surface area (Å²) >= 11 is 22.1. The summed E-state index contributed by atoms with van der Waals surface area (Å²) < 4.78 is 7.03. The minimum absolute atomic E-state index is 0.155. The lowest BCUT2D eigenvalue weighted by molar-refractivity contribution is 0.0645. The zero-order valence-corrected chi connectivity index (χ0v) is 83.3. The summed E-state index contributed by atoms with van der Waals surface area (Å²) in [7, 11) is 0. The van der Waals surface area contributed by atoms with Crippen molar-refractivity contribution in [3.05, 3.63) is 187 Å². The molecule has 18 heteroatoms. The average molecular weight is 1870 g/mol. The number of carbonyl (C=O) groups is 4. The molecule has 646 valence electrons. The molecule has 2 aliphatic rings. The van der Waals surface area contributed by atoms with E-state index in [0.717, 1.165) is 131 Å². The van der Waals surface area contributed by atoms with Gasteiger partial charge >= 0.3 is 0 Å². The van der Waals surface area contributed by atoms with E-state index in [2.05, 4.69) is 196 Å². The molecule has 0 aliphatic carbocycles. The Morgan fingerprint density at radius 2 is 0.624 bits per heavy atom. The third-order valence-corrected chi connectivity index (χ3v) is 41.2.